The van der Waals surface area contributed by atoms with Gasteiger partial charge in [-0.1, -0.05) is 18.2 Å². The molecule has 0 spiro atoms. The number of rotatable bonds is 3. The predicted octanol–water partition coefficient (Wildman–Crippen LogP) is 2.70. The van der Waals surface area contributed by atoms with Crippen molar-refractivity contribution in [3.63, 3.8) is 0 Å². The molecule has 1 rings (SSSR count). The van der Waals surface area contributed by atoms with Gasteiger partial charge >= 0.3 is 0 Å². The summed E-state index contributed by atoms with van der Waals surface area (Å²) in [5.74, 6) is 0.910. The van der Waals surface area contributed by atoms with Crippen molar-refractivity contribution in [2.75, 3.05) is 7.11 Å². The van der Waals surface area contributed by atoms with E-state index in [1.165, 1.54) is 0 Å². The van der Waals surface area contributed by atoms with Crippen LogP contribution in [0.15, 0.2) is 29.8 Å². The molecule has 0 fully saturated rings. The first-order chi connectivity index (χ1) is 6.13. The van der Waals surface area contributed by atoms with Crippen molar-refractivity contribution in [3.8, 4) is 11.5 Å². The standard InChI is InChI=1S/C10H11ClO2/c1-7(11)5-8-6-9(13-2)3-4-10(8)12/h3-4,6,12H,1,5H2,2H3. The summed E-state index contributed by atoms with van der Waals surface area (Å²) in [6.45, 7) is 3.56. The maximum atomic E-state index is 9.42. The van der Waals surface area contributed by atoms with E-state index in [0.717, 1.165) is 5.56 Å². The molecule has 0 atom stereocenters. The van der Waals surface area contributed by atoms with Crippen molar-refractivity contribution < 1.29 is 9.84 Å². The van der Waals surface area contributed by atoms with E-state index >= 15 is 0 Å². The number of ether oxygens (including phenoxy) is 1. The molecule has 0 saturated carbocycles. The van der Waals surface area contributed by atoms with E-state index in [9.17, 15) is 5.11 Å². The third-order valence-corrected chi connectivity index (χ3v) is 1.80. The predicted molar refractivity (Wildman–Crippen MR) is 53.4 cm³/mol. The number of allylic oxidation sites excluding steroid dienone is 1. The molecule has 0 bridgehead atoms. The molecule has 0 aliphatic rings. The lowest BCUT2D eigenvalue weighted by atomic mass is 10.1. The minimum Gasteiger partial charge on any atom is -0.508 e. The molecule has 0 unspecified atom stereocenters. The Hall–Kier alpha value is -1.15. The molecule has 0 aliphatic carbocycles. The minimum atomic E-state index is 0.211. The van der Waals surface area contributed by atoms with Crippen molar-refractivity contribution in [2.45, 2.75) is 6.42 Å². The van der Waals surface area contributed by atoms with E-state index in [1.807, 2.05) is 0 Å². The number of methoxy groups -OCH3 is 1. The summed E-state index contributed by atoms with van der Waals surface area (Å²) in [4.78, 5) is 0. The summed E-state index contributed by atoms with van der Waals surface area (Å²) in [5, 5.41) is 9.91. The molecule has 13 heavy (non-hydrogen) atoms. The van der Waals surface area contributed by atoms with Gasteiger partial charge in [0.15, 0.2) is 0 Å². The maximum Gasteiger partial charge on any atom is 0.119 e. The lowest BCUT2D eigenvalue weighted by molar-refractivity contribution is 0.411. The second kappa shape index (κ2) is 4.19. The van der Waals surface area contributed by atoms with E-state index in [0.29, 0.717) is 17.2 Å². The highest BCUT2D eigenvalue weighted by molar-refractivity contribution is 6.29. The second-order valence-electron chi connectivity index (χ2n) is 2.69. The molecule has 0 aromatic heterocycles. The SMILES string of the molecule is C=C(Cl)Cc1cc(OC)ccc1O. The van der Waals surface area contributed by atoms with Crippen LogP contribution in [-0.4, -0.2) is 12.2 Å². The molecule has 0 heterocycles. The van der Waals surface area contributed by atoms with E-state index in [4.69, 9.17) is 16.3 Å². The van der Waals surface area contributed by atoms with Gasteiger partial charge in [-0.15, -0.1) is 0 Å². The Morgan fingerprint density at radius 2 is 2.31 bits per heavy atom. The first-order valence-electron chi connectivity index (χ1n) is 3.82. The first-order valence-corrected chi connectivity index (χ1v) is 4.20. The van der Waals surface area contributed by atoms with Gasteiger partial charge in [0, 0.05) is 17.0 Å². The molecule has 0 amide bonds. The number of phenols is 1. The summed E-state index contributed by atoms with van der Waals surface area (Å²) < 4.78 is 5.01. The van der Waals surface area contributed by atoms with Crippen LogP contribution in [0.5, 0.6) is 11.5 Å². The molecule has 3 heteroatoms. The molecule has 1 aromatic rings. The highest BCUT2D eigenvalue weighted by atomic mass is 35.5. The topological polar surface area (TPSA) is 29.5 Å². The fourth-order valence-corrected chi connectivity index (χ4v) is 1.18. The van der Waals surface area contributed by atoms with Crippen LogP contribution in [0.3, 0.4) is 0 Å². The average molecular weight is 199 g/mol. The van der Waals surface area contributed by atoms with Gasteiger partial charge in [0.2, 0.25) is 0 Å². The van der Waals surface area contributed by atoms with Crippen molar-refractivity contribution in [1.82, 2.24) is 0 Å². The Morgan fingerprint density at radius 3 is 2.85 bits per heavy atom. The van der Waals surface area contributed by atoms with Crippen LogP contribution in [-0.2, 0) is 6.42 Å². The second-order valence-corrected chi connectivity index (χ2v) is 3.22. The van der Waals surface area contributed by atoms with Gasteiger partial charge in [-0.2, -0.15) is 0 Å². The summed E-state index contributed by atoms with van der Waals surface area (Å²) in [6, 6.07) is 5.01. The molecule has 1 N–H and O–H groups in total. The van der Waals surface area contributed by atoms with Gasteiger partial charge in [0.05, 0.1) is 7.11 Å². The number of phenolic OH excluding ortho intramolecular Hbond substituents is 1. The molecule has 2 nitrogen and oxygen atoms in total. The third-order valence-electron chi connectivity index (χ3n) is 1.67. The van der Waals surface area contributed by atoms with Crippen LogP contribution in [0.25, 0.3) is 0 Å². The zero-order valence-corrected chi connectivity index (χ0v) is 8.14. The smallest absolute Gasteiger partial charge is 0.119 e. The van der Waals surface area contributed by atoms with Crippen molar-refractivity contribution in [2.24, 2.45) is 0 Å². The van der Waals surface area contributed by atoms with Gasteiger partial charge < -0.3 is 9.84 Å². The van der Waals surface area contributed by atoms with Crippen LogP contribution in [0.1, 0.15) is 5.56 Å². The quantitative estimate of drug-likeness (QED) is 0.809. The molecular formula is C10H11ClO2. The van der Waals surface area contributed by atoms with Gasteiger partial charge in [-0.3, -0.25) is 0 Å². The van der Waals surface area contributed by atoms with Crippen LogP contribution < -0.4 is 4.74 Å². The van der Waals surface area contributed by atoms with Gasteiger partial charge in [-0.05, 0) is 18.2 Å². The molecule has 70 valence electrons. The summed E-state index contributed by atoms with van der Waals surface area (Å²) in [5.41, 5.74) is 0.722. The largest absolute Gasteiger partial charge is 0.508 e. The van der Waals surface area contributed by atoms with E-state index in [1.54, 1.807) is 25.3 Å². The summed E-state index contributed by atoms with van der Waals surface area (Å²) in [7, 11) is 1.58. The molecule has 0 radical (unpaired) electrons. The first kappa shape index (κ1) is 9.93. The van der Waals surface area contributed by atoms with Crippen molar-refractivity contribution in [1.29, 1.82) is 0 Å². The Balaban J connectivity index is 2.96. The monoisotopic (exact) mass is 198 g/mol. The Kier molecular flexibility index (Phi) is 3.20. The van der Waals surface area contributed by atoms with Gasteiger partial charge in [0.1, 0.15) is 11.5 Å². The highest BCUT2D eigenvalue weighted by Crippen LogP contribution is 2.25. The lowest BCUT2D eigenvalue weighted by Crippen LogP contribution is -1.88. The molecule has 0 aliphatic heterocycles. The minimum absolute atomic E-state index is 0.211. The van der Waals surface area contributed by atoms with E-state index in [-0.39, 0.29) is 5.75 Å². The Morgan fingerprint density at radius 1 is 1.62 bits per heavy atom. The van der Waals surface area contributed by atoms with E-state index in [2.05, 4.69) is 6.58 Å². The molecule has 0 saturated heterocycles. The van der Waals surface area contributed by atoms with Crippen LogP contribution >= 0.6 is 11.6 Å². The number of hydrogen-bond acceptors (Lipinski definition) is 2. The fraction of sp³-hybridized carbons (Fsp3) is 0.200. The van der Waals surface area contributed by atoms with Gasteiger partial charge in [-0.25, -0.2) is 0 Å². The molecule has 1 aromatic carbocycles. The molecular weight excluding hydrogens is 188 g/mol. The van der Waals surface area contributed by atoms with Crippen LogP contribution in [0.4, 0.5) is 0 Å². The normalized spacial score (nSPS) is 9.69. The van der Waals surface area contributed by atoms with Crippen molar-refractivity contribution in [3.05, 3.63) is 35.4 Å². The van der Waals surface area contributed by atoms with Gasteiger partial charge in [0.25, 0.3) is 0 Å². The highest BCUT2D eigenvalue weighted by Gasteiger charge is 2.03. The average Bonchev–Trinajstić information content (AvgIpc) is 2.08. The van der Waals surface area contributed by atoms with E-state index < -0.39 is 0 Å². The number of benzene rings is 1. The lowest BCUT2D eigenvalue weighted by Gasteiger charge is -2.05. The zero-order valence-electron chi connectivity index (χ0n) is 7.38. The van der Waals surface area contributed by atoms with Crippen molar-refractivity contribution >= 4 is 11.6 Å². The maximum absolute atomic E-state index is 9.42. The summed E-state index contributed by atoms with van der Waals surface area (Å²) in [6.07, 6.45) is 0.449. The van der Waals surface area contributed by atoms with Crippen LogP contribution in [0.2, 0.25) is 0 Å². The number of hydrogen-bond donors (Lipinski definition) is 1. The zero-order chi connectivity index (χ0) is 9.84. The third kappa shape index (κ3) is 2.67. The van der Waals surface area contributed by atoms with Crippen LogP contribution in [0, 0.1) is 0 Å². The number of aromatic hydroxyl groups is 1. The Labute approximate surface area is 82.4 Å². The Bertz CT molecular complexity index is 321. The summed E-state index contributed by atoms with van der Waals surface area (Å²) >= 11 is 5.63. The fourth-order valence-electron chi connectivity index (χ4n) is 1.04. The number of halogens is 1.